The van der Waals surface area contributed by atoms with E-state index in [1.165, 1.54) is 0 Å². The summed E-state index contributed by atoms with van der Waals surface area (Å²) < 4.78 is 17.5. The van der Waals surface area contributed by atoms with Crippen LogP contribution in [0.5, 0.6) is 11.5 Å². The number of ether oxygens (including phenoxy) is 3. The SMILES string of the molecule is CCOC(=O)NC(=O)CSc1nnc(COc2ccc(OC)cc2)n1-c1ccc(C)c(Cl)c1. The zero-order chi connectivity index (χ0) is 23.8. The molecule has 2 aromatic carbocycles. The van der Waals surface area contributed by atoms with Crippen LogP contribution in [-0.2, 0) is 16.1 Å². The Bertz CT molecular complexity index is 1120. The van der Waals surface area contributed by atoms with Crippen molar-refractivity contribution in [3.05, 3.63) is 58.9 Å². The number of alkyl carbamates (subject to hydrolysis) is 1. The first-order valence-corrected chi connectivity index (χ1v) is 11.3. The van der Waals surface area contributed by atoms with Crippen LogP contribution in [0.25, 0.3) is 5.69 Å². The van der Waals surface area contributed by atoms with Crippen molar-refractivity contribution in [1.29, 1.82) is 0 Å². The Labute approximate surface area is 200 Å². The molecule has 0 radical (unpaired) electrons. The van der Waals surface area contributed by atoms with E-state index < -0.39 is 12.0 Å². The lowest BCUT2D eigenvalue weighted by Crippen LogP contribution is -2.32. The van der Waals surface area contributed by atoms with Crippen molar-refractivity contribution >= 4 is 35.4 Å². The van der Waals surface area contributed by atoms with Crippen molar-refractivity contribution in [2.45, 2.75) is 25.6 Å². The molecule has 2 amide bonds. The fourth-order valence-corrected chi connectivity index (χ4v) is 3.68. The predicted octanol–water partition coefficient (Wildman–Crippen LogP) is 4.18. The van der Waals surface area contributed by atoms with E-state index in [-0.39, 0.29) is 19.0 Å². The Hall–Kier alpha value is -3.24. The van der Waals surface area contributed by atoms with Crippen LogP contribution < -0.4 is 14.8 Å². The van der Waals surface area contributed by atoms with E-state index in [2.05, 4.69) is 15.5 Å². The molecule has 0 spiro atoms. The van der Waals surface area contributed by atoms with Gasteiger partial charge in [-0.2, -0.15) is 0 Å². The highest BCUT2D eigenvalue weighted by molar-refractivity contribution is 7.99. The quantitative estimate of drug-likeness (QED) is 0.445. The second kappa shape index (κ2) is 11.6. The minimum atomic E-state index is -0.788. The van der Waals surface area contributed by atoms with E-state index in [9.17, 15) is 9.59 Å². The lowest BCUT2D eigenvalue weighted by atomic mass is 10.2. The number of halogens is 1. The minimum Gasteiger partial charge on any atom is -0.497 e. The Morgan fingerprint density at radius 1 is 1.12 bits per heavy atom. The van der Waals surface area contributed by atoms with Crippen LogP contribution in [0.3, 0.4) is 0 Å². The number of carbonyl (C=O) groups excluding carboxylic acids is 2. The summed E-state index contributed by atoms with van der Waals surface area (Å²) in [5.74, 6) is 1.30. The summed E-state index contributed by atoms with van der Waals surface area (Å²) in [5.41, 5.74) is 1.64. The molecule has 174 valence electrons. The number of amides is 2. The monoisotopic (exact) mass is 490 g/mol. The number of hydrogen-bond acceptors (Lipinski definition) is 8. The molecule has 0 aliphatic rings. The summed E-state index contributed by atoms with van der Waals surface area (Å²) in [4.78, 5) is 23.5. The Kier molecular flexibility index (Phi) is 8.56. The molecule has 0 aliphatic carbocycles. The van der Waals surface area contributed by atoms with Gasteiger partial charge in [0.25, 0.3) is 0 Å². The predicted molar refractivity (Wildman–Crippen MR) is 124 cm³/mol. The highest BCUT2D eigenvalue weighted by Gasteiger charge is 2.18. The number of hydrogen-bond donors (Lipinski definition) is 1. The highest BCUT2D eigenvalue weighted by atomic mass is 35.5. The average Bonchev–Trinajstić information content (AvgIpc) is 3.21. The van der Waals surface area contributed by atoms with Crippen LogP contribution >= 0.6 is 23.4 Å². The van der Waals surface area contributed by atoms with Crippen LogP contribution in [-0.4, -0.2) is 46.2 Å². The van der Waals surface area contributed by atoms with Gasteiger partial charge in [-0.25, -0.2) is 4.79 Å². The van der Waals surface area contributed by atoms with Gasteiger partial charge in [-0.05, 0) is 55.8 Å². The number of rotatable bonds is 9. The molecule has 3 aromatic rings. The van der Waals surface area contributed by atoms with Crippen molar-refractivity contribution in [1.82, 2.24) is 20.1 Å². The van der Waals surface area contributed by atoms with E-state index in [4.69, 9.17) is 25.8 Å². The molecular formula is C22H23ClN4O5S. The summed E-state index contributed by atoms with van der Waals surface area (Å²) in [6.07, 6.45) is -0.788. The molecule has 33 heavy (non-hydrogen) atoms. The zero-order valence-corrected chi connectivity index (χ0v) is 19.9. The maximum atomic E-state index is 12.1. The normalized spacial score (nSPS) is 10.5. The molecule has 1 aromatic heterocycles. The molecule has 9 nitrogen and oxygen atoms in total. The van der Waals surface area contributed by atoms with Gasteiger partial charge in [0.05, 0.1) is 25.2 Å². The zero-order valence-electron chi connectivity index (χ0n) is 18.3. The molecule has 0 bridgehead atoms. The van der Waals surface area contributed by atoms with Crippen molar-refractivity contribution in [3.8, 4) is 17.2 Å². The lowest BCUT2D eigenvalue weighted by molar-refractivity contribution is -0.117. The maximum Gasteiger partial charge on any atom is 0.413 e. The summed E-state index contributed by atoms with van der Waals surface area (Å²) in [7, 11) is 1.59. The third kappa shape index (κ3) is 6.62. The van der Waals surface area contributed by atoms with E-state index in [0.29, 0.717) is 21.8 Å². The largest absolute Gasteiger partial charge is 0.497 e. The standard InChI is InChI=1S/C22H23ClN4O5S/c1-4-31-22(29)24-20(28)13-33-21-26-25-19(12-32-17-9-7-16(30-3)8-10-17)27(21)15-6-5-14(2)18(23)11-15/h5-11H,4,12-13H2,1-3H3,(H,24,28,29). The van der Waals surface area contributed by atoms with Gasteiger partial charge in [0.2, 0.25) is 5.91 Å². The first-order chi connectivity index (χ1) is 15.9. The number of imide groups is 1. The van der Waals surface area contributed by atoms with Crippen molar-refractivity contribution < 1.29 is 23.8 Å². The van der Waals surface area contributed by atoms with Gasteiger partial charge in [0, 0.05) is 5.02 Å². The number of nitrogens with zero attached hydrogens (tertiary/aromatic N) is 3. The lowest BCUT2D eigenvalue weighted by Gasteiger charge is -2.12. The van der Waals surface area contributed by atoms with Crippen molar-refractivity contribution in [2.24, 2.45) is 0 Å². The number of methoxy groups -OCH3 is 1. The van der Waals surface area contributed by atoms with Crippen molar-refractivity contribution in [2.75, 3.05) is 19.5 Å². The molecule has 3 rings (SSSR count). The molecule has 0 saturated heterocycles. The van der Waals surface area contributed by atoms with Crippen LogP contribution in [0.2, 0.25) is 5.02 Å². The molecule has 0 aliphatic heterocycles. The first kappa shape index (κ1) is 24.4. The van der Waals surface area contributed by atoms with Crippen LogP contribution in [0.1, 0.15) is 18.3 Å². The summed E-state index contributed by atoms with van der Waals surface area (Å²) in [6.45, 7) is 3.86. The number of aryl methyl sites for hydroxylation is 1. The average molecular weight is 491 g/mol. The molecular weight excluding hydrogens is 468 g/mol. The van der Waals surface area contributed by atoms with Crippen LogP contribution in [0.4, 0.5) is 4.79 Å². The van der Waals surface area contributed by atoms with E-state index in [0.717, 1.165) is 28.8 Å². The fraction of sp³-hybridized carbons (Fsp3) is 0.273. The number of aromatic nitrogens is 3. The Balaban J connectivity index is 1.80. The second-order valence-electron chi connectivity index (χ2n) is 6.69. The third-order valence-electron chi connectivity index (χ3n) is 4.39. The maximum absolute atomic E-state index is 12.1. The smallest absolute Gasteiger partial charge is 0.413 e. The number of thioether (sulfide) groups is 1. The topological polar surface area (TPSA) is 105 Å². The van der Waals surface area contributed by atoms with E-state index in [1.54, 1.807) is 48.9 Å². The fourth-order valence-electron chi connectivity index (χ4n) is 2.73. The van der Waals surface area contributed by atoms with Gasteiger partial charge in [-0.1, -0.05) is 29.4 Å². The number of carbonyl (C=O) groups is 2. The molecule has 0 saturated carbocycles. The van der Waals surface area contributed by atoms with Gasteiger partial charge in [0.15, 0.2) is 11.0 Å². The molecule has 0 unspecified atom stereocenters. The third-order valence-corrected chi connectivity index (χ3v) is 5.73. The van der Waals surface area contributed by atoms with Crippen LogP contribution in [0.15, 0.2) is 47.6 Å². The second-order valence-corrected chi connectivity index (χ2v) is 8.04. The van der Waals surface area contributed by atoms with Gasteiger partial charge >= 0.3 is 6.09 Å². The number of benzene rings is 2. The minimum absolute atomic E-state index is 0.0596. The Morgan fingerprint density at radius 2 is 1.85 bits per heavy atom. The van der Waals surface area contributed by atoms with Gasteiger partial charge in [-0.3, -0.25) is 14.7 Å². The highest BCUT2D eigenvalue weighted by Crippen LogP contribution is 2.26. The molecule has 0 atom stereocenters. The Morgan fingerprint density at radius 3 is 2.52 bits per heavy atom. The first-order valence-electron chi connectivity index (χ1n) is 9.98. The molecule has 1 heterocycles. The number of nitrogens with one attached hydrogen (secondary N) is 1. The van der Waals surface area contributed by atoms with Crippen molar-refractivity contribution in [3.63, 3.8) is 0 Å². The molecule has 11 heteroatoms. The van der Waals surface area contributed by atoms with Gasteiger partial charge in [-0.15, -0.1) is 10.2 Å². The van der Waals surface area contributed by atoms with Gasteiger partial charge in [0.1, 0.15) is 18.1 Å². The molecule has 0 fully saturated rings. The van der Waals surface area contributed by atoms with E-state index in [1.807, 2.05) is 19.1 Å². The summed E-state index contributed by atoms with van der Waals surface area (Å²) in [5, 5.41) is 11.6. The summed E-state index contributed by atoms with van der Waals surface area (Å²) in [6, 6.07) is 12.7. The van der Waals surface area contributed by atoms with Gasteiger partial charge < -0.3 is 14.2 Å². The summed E-state index contributed by atoms with van der Waals surface area (Å²) >= 11 is 7.45. The van der Waals surface area contributed by atoms with E-state index >= 15 is 0 Å². The van der Waals surface area contributed by atoms with Crippen LogP contribution in [0, 0.1) is 6.92 Å². The molecule has 1 N–H and O–H groups in total.